The van der Waals surface area contributed by atoms with Gasteiger partial charge in [-0.2, -0.15) is 0 Å². The maximum atomic E-state index is 3.06. The van der Waals surface area contributed by atoms with Crippen LogP contribution in [0.2, 0.25) is 0 Å². The Labute approximate surface area is 65.0 Å². The van der Waals surface area contributed by atoms with Crippen LogP contribution in [-0.4, -0.2) is 48.7 Å². The van der Waals surface area contributed by atoms with E-state index >= 15 is 0 Å². The Hall–Kier alpha value is 0.0348. The molecule has 1 aliphatic heterocycles. The van der Waals surface area contributed by atoms with Crippen LogP contribution in [0.15, 0.2) is 0 Å². The van der Waals surface area contributed by atoms with Crippen LogP contribution in [0.3, 0.4) is 0 Å². The highest BCUT2D eigenvalue weighted by molar-refractivity contribution is 6.65. The molecule has 0 aliphatic carbocycles. The van der Waals surface area contributed by atoms with Gasteiger partial charge in [-0.25, -0.2) is 0 Å². The summed E-state index contributed by atoms with van der Waals surface area (Å²) in [5, 5.41) is 9.19. The molecule has 7 heteroatoms. The quantitative estimate of drug-likeness (QED) is 0.309. The van der Waals surface area contributed by atoms with Crippen molar-refractivity contribution in [3.8, 4) is 0 Å². The van der Waals surface area contributed by atoms with E-state index in [9.17, 15) is 0 Å². The van der Waals surface area contributed by atoms with E-state index in [1.54, 1.807) is 0 Å². The van der Waals surface area contributed by atoms with E-state index in [0.717, 1.165) is 22.6 Å². The van der Waals surface area contributed by atoms with Crippen LogP contribution in [0, 0.1) is 0 Å². The Balaban J connectivity index is 0.000000180. The molecule has 0 spiro atoms. The maximum absolute atomic E-state index is 3.06. The number of hydrogen-bond donors (Lipinski definition) is 3. The maximum Gasteiger partial charge on any atom is 0.265 e. The second kappa shape index (κ2) is 7.15. The van der Waals surface area contributed by atoms with E-state index < -0.39 is 0 Å². The summed E-state index contributed by atoms with van der Waals surface area (Å²) >= 11 is 0. The van der Waals surface area contributed by atoms with Gasteiger partial charge in [0.1, 0.15) is 0 Å². The Kier molecular flexibility index (Phi) is 7.17. The molecule has 0 radical (unpaired) electrons. The molecule has 0 aromatic heterocycles. The van der Waals surface area contributed by atoms with Gasteiger partial charge < -0.3 is 20.3 Å². The predicted molar refractivity (Wildman–Crippen MR) is 50.5 cm³/mol. The number of hydrogen-bond acceptors (Lipinski definition) is 4. The van der Waals surface area contributed by atoms with Crippen LogP contribution in [0.1, 0.15) is 0 Å². The molecule has 4 nitrogen and oxygen atoms in total. The SMILES string of the molecule is B1NBNBN1.CN(C)C. The molecule has 0 aromatic rings. The van der Waals surface area contributed by atoms with Crippen LogP contribution in [-0.2, 0) is 0 Å². The number of nitrogens with one attached hydrogen (secondary N) is 3. The first kappa shape index (κ1) is 10.0. The first-order valence-electron chi connectivity index (χ1n) is 3.46. The molecule has 0 saturated carbocycles. The van der Waals surface area contributed by atoms with Gasteiger partial charge in [0.05, 0.1) is 0 Å². The Morgan fingerprint density at radius 2 is 1.00 bits per heavy atom. The number of rotatable bonds is 0. The second-order valence-corrected chi connectivity index (χ2v) is 2.62. The first-order valence-corrected chi connectivity index (χ1v) is 3.46. The van der Waals surface area contributed by atoms with Gasteiger partial charge in [0.15, 0.2) is 0 Å². The lowest BCUT2D eigenvalue weighted by Crippen LogP contribution is -2.55. The molecule has 0 bridgehead atoms. The van der Waals surface area contributed by atoms with Gasteiger partial charge >= 0.3 is 0 Å². The minimum absolute atomic E-state index is 0.938. The van der Waals surface area contributed by atoms with Gasteiger partial charge in [0, 0.05) is 0 Å². The summed E-state index contributed by atoms with van der Waals surface area (Å²) in [5.41, 5.74) is 0. The van der Waals surface area contributed by atoms with E-state index in [-0.39, 0.29) is 0 Å². The normalized spacial score (nSPS) is 15.6. The Morgan fingerprint density at radius 1 is 0.800 bits per heavy atom. The van der Waals surface area contributed by atoms with E-state index in [2.05, 4.69) is 15.4 Å². The minimum atomic E-state index is 0.938. The van der Waals surface area contributed by atoms with Crippen molar-refractivity contribution in [1.29, 1.82) is 0 Å². The fourth-order valence-electron chi connectivity index (χ4n) is 0.453. The molecule has 0 unspecified atom stereocenters. The third-order valence-corrected chi connectivity index (χ3v) is 0.750. The molecule has 3 N–H and O–H groups in total. The summed E-state index contributed by atoms with van der Waals surface area (Å²) < 4.78 is 0. The summed E-state index contributed by atoms with van der Waals surface area (Å²) in [4.78, 5) is 2.00. The third-order valence-electron chi connectivity index (χ3n) is 0.750. The molecule has 0 amide bonds. The van der Waals surface area contributed by atoms with Gasteiger partial charge in [-0.3, -0.25) is 0 Å². The molecular formula is C3H15B3N4. The molecule has 56 valence electrons. The highest BCUT2D eigenvalue weighted by atomic mass is 15.0. The largest absolute Gasteiger partial charge is 0.378 e. The molecule has 0 aromatic carbocycles. The average Bonchev–Trinajstić information content (AvgIpc) is 1.90. The highest BCUT2D eigenvalue weighted by Gasteiger charge is 1.97. The Bertz CT molecular complexity index is 52.5. The monoisotopic (exact) mass is 140 g/mol. The van der Waals surface area contributed by atoms with Crippen LogP contribution in [0.5, 0.6) is 0 Å². The standard InChI is InChI=1S/C3H9N.B3H6N3/c1-4(2)3;1-4-2-6-3-5-1/h1-3H3;1-6H. The van der Waals surface area contributed by atoms with Crippen molar-refractivity contribution in [2.45, 2.75) is 0 Å². The lowest BCUT2D eigenvalue weighted by molar-refractivity contribution is 0.505. The zero-order chi connectivity index (χ0) is 7.82. The summed E-state index contributed by atoms with van der Waals surface area (Å²) in [7, 11) is 8.81. The van der Waals surface area contributed by atoms with E-state index in [1.165, 1.54) is 0 Å². The zero-order valence-corrected chi connectivity index (χ0v) is 7.07. The fourth-order valence-corrected chi connectivity index (χ4v) is 0.453. The van der Waals surface area contributed by atoms with Crippen LogP contribution in [0.4, 0.5) is 0 Å². The van der Waals surface area contributed by atoms with Crippen LogP contribution >= 0.6 is 0 Å². The lowest BCUT2D eigenvalue weighted by atomic mass is 9.85. The second-order valence-electron chi connectivity index (χ2n) is 2.62. The van der Waals surface area contributed by atoms with E-state index in [4.69, 9.17) is 0 Å². The van der Waals surface area contributed by atoms with Gasteiger partial charge in [0.25, 0.3) is 22.6 Å². The first-order chi connectivity index (χ1) is 4.73. The smallest absolute Gasteiger partial charge is 0.265 e. The van der Waals surface area contributed by atoms with Gasteiger partial charge in [-0.05, 0) is 21.1 Å². The third kappa shape index (κ3) is 10.9. The summed E-state index contributed by atoms with van der Waals surface area (Å²) in [6, 6.07) is 0. The van der Waals surface area contributed by atoms with Gasteiger partial charge in [-0.15, -0.1) is 0 Å². The summed E-state index contributed by atoms with van der Waals surface area (Å²) in [6.07, 6.45) is 0. The summed E-state index contributed by atoms with van der Waals surface area (Å²) in [5.74, 6) is 0. The topological polar surface area (TPSA) is 39.3 Å². The molecule has 1 saturated heterocycles. The van der Waals surface area contributed by atoms with Crippen molar-refractivity contribution in [2.24, 2.45) is 0 Å². The molecule has 1 aliphatic rings. The van der Waals surface area contributed by atoms with E-state index in [1.807, 2.05) is 26.0 Å². The van der Waals surface area contributed by atoms with Crippen LogP contribution in [0.25, 0.3) is 0 Å². The lowest BCUT2D eigenvalue weighted by Gasteiger charge is -2.08. The van der Waals surface area contributed by atoms with E-state index in [0.29, 0.717) is 0 Å². The Morgan fingerprint density at radius 3 is 1.10 bits per heavy atom. The molecule has 0 atom stereocenters. The van der Waals surface area contributed by atoms with Gasteiger partial charge in [0.2, 0.25) is 0 Å². The molecule has 1 fully saturated rings. The zero-order valence-electron chi connectivity index (χ0n) is 7.07. The van der Waals surface area contributed by atoms with Crippen molar-refractivity contribution < 1.29 is 0 Å². The average molecular weight is 140 g/mol. The van der Waals surface area contributed by atoms with Gasteiger partial charge in [-0.1, -0.05) is 0 Å². The molecule has 1 heterocycles. The van der Waals surface area contributed by atoms with Crippen molar-refractivity contribution in [3.05, 3.63) is 0 Å². The predicted octanol–water partition coefficient (Wildman–Crippen LogP) is -3.25. The van der Waals surface area contributed by atoms with Crippen molar-refractivity contribution in [1.82, 2.24) is 20.3 Å². The fraction of sp³-hybridized carbons (Fsp3) is 1.00. The van der Waals surface area contributed by atoms with Crippen molar-refractivity contribution in [2.75, 3.05) is 21.1 Å². The minimum Gasteiger partial charge on any atom is -0.378 e. The molecule has 1 rings (SSSR count). The van der Waals surface area contributed by atoms with Crippen molar-refractivity contribution >= 4 is 22.6 Å². The molecular weight excluding hydrogens is 124 g/mol. The van der Waals surface area contributed by atoms with Crippen molar-refractivity contribution in [3.63, 3.8) is 0 Å². The van der Waals surface area contributed by atoms with Crippen LogP contribution < -0.4 is 15.4 Å². The highest BCUT2D eigenvalue weighted by Crippen LogP contribution is 1.48. The molecule has 10 heavy (non-hydrogen) atoms. The number of nitrogens with zero attached hydrogens (tertiary/aromatic N) is 1. The summed E-state index contributed by atoms with van der Waals surface area (Å²) in [6.45, 7) is 0.